The van der Waals surface area contributed by atoms with Gasteiger partial charge in [0.2, 0.25) is 5.88 Å². The van der Waals surface area contributed by atoms with E-state index in [9.17, 15) is 4.39 Å². The average molecular weight is 286 g/mol. The number of halogens is 1. The van der Waals surface area contributed by atoms with Gasteiger partial charge < -0.3 is 10.1 Å². The predicted molar refractivity (Wildman–Crippen MR) is 80.0 cm³/mol. The topological polar surface area (TPSA) is 34.1 Å². The fourth-order valence-corrected chi connectivity index (χ4v) is 2.17. The molecule has 0 atom stereocenters. The van der Waals surface area contributed by atoms with E-state index in [0.717, 1.165) is 17.7 Å². The smallest absolute Gasteiger partial charge is 0.222 e. The molecule has 1 saturated carbocycles. The van der Waals surface area contributed by atoms with Crippen LogP contribution in [0.2, 0.25) is 0 Å². The number of nitrogens with one attached hydrogen (secondary N) is 1. The molecule has 1 aromatic heterocycles. The number of rotatable bonds is 5. The first-order valence-corrected chi connectivity index (χ1v) is 7.25. The molecule has 1 heterocycles. The summed E-state index contributed by atoms with van der Waals surface area (Å²) in [6.07, 6.45) is 4.38. The molecular formula is C17H19FN2O. The number of hydrogen-bond donors (Lipinski definition) is 1. The third-order valence-electron chi connectivity index (χ3n) is 3.60. The number of hydrogen-bond acceptors (Lipinski definition) is 3. The third kappa shape index (κ3) is 3.58. The Morgan fingerprint density at radius 2 is 2.05 bits per heavy atom. The van der Waals surface area contributed by atoms with Crippen LogP contribution >= 0.6 is 0 Å². The van der Waals surface area contributed by atoms with E-state index in [-0.39, 0.29) is 5.82 Å². The SMILES string of the molecule is Cc1cc(Oc2ncc(CNC3CC3)cc2C)ccc1F. The number of nitrogens with zero attached hydrogens (tertiary/aromatic N) is 1. The lowest BCUT2D eigenvalue weighted by molar-refractivity contribution is 0.456. The highest BCUT2D eigenvalue weighted by Gasteiger charge is 2.20. The van der Waals surface area contributed by atoms with Gasteiger partial charge in [0.15, 0.2) is 0 Å². The van der Waals surface area contributed by atoms with Crippen LogP contribution in [0.4, 0.5) is 4.39 Å². The van der Waals surface area contributed by atoms with Crippen molar-refractivity contribution in [1.82, 2.24) is 10.3 Å². The number of aryl methyl sites for hydroxylation is 2. The summed E-state index contributed by atoms with van der Waals surface area (Å²) in [4.78, 5) is 4.37. The first-order chi connectivity index (χ1) is 10.1. The minimum absolute atomic E-state index is 0.228. The Labute approximate surface area is 124 Å². The molecule has 2 aromatic rings. The summed E-state index contributed by atoms with van der Waals surface area (Å²) in [5.74, 6) is 0.943. The van der Waals surface area contributed by atoms with Crippen LogP contribution < -0.4 is 10.1 Å². The van der Waals surface area contributed by atoms with Gasteiger partial charge in [-0.25, -0.2) is 9.37 Å². The molecule has 0 bridgehead atoms. The van der Waals surface area contributed by atoms with Crippen LogP contribution in [-0.2, 0) is 6.54 Å². The second kappa shape index (κ2) is 5.82. The van der Waals surface area contributed by atoms with Crippen molar-refractivity contribution < 1.29 is 9.13 Å². The van der Waals surface area contributed by atoms with Crippen molar-refractivity contribution in [1.29, 1.82) is 0 Å². The minimum Gasteiger partial charge on any atom is -0.439 e. The zero-order valence-electron chi connectivity index (χ0n) is 12.3. The van der Waals surface area contributed by atoms with Crippen molar-refractivity contribution in [2.45, 2.75) is 39.3 Å². The highest BCUT2D eigenvalue weighted by atomic mass is 19.1. The Morgan fingerprint density at radius 3 is 2.71 bits per heavy atom. The van der Waals surface area contributed by atoms with Gasteiger partial charge in [0.25, 0.3) is 0 Å². The molecule has 1 aliphatic rings. The molecule has 0 amide bonds. The van der Waals surface area contributed by atoms with E-state index in [4.69, 9.17) is 4.74 Å². The molecule has 3 rings (SSSR count). The van der Waals surface area contributed by atoms with Crippen molar-refractivity contribution in [3.8, 4) is 11.6 Å². The number of pyridine rings is 1. The van der Waals surface area contributed by atoms with Crippen molar-refractivity contribution >= 4 is 0 Å². The van der Waals surface area contributed by atoms with E-state index in [1.807, 2.05) is 13.1 Å². The van der Waals surface area contributed by atoms with Gasteiger partial charge in [-0.05, 0) is 62.1 Å². The Morgan fingerprint density at radius 1 is 1.24 bits per heavy atom. The third-order valence-corrected chi connectivity index (χ3v) is 3.60. The molecule has 1 aromatic carbocycles. The van der Waals surface area contributed by atoms with Gasteiger partial charge in [-0.1, -0.05) is 0 Å². The zero-order chi connectivity index (χ0) is 14.8. The summed E-state index contributed by atoms with van der Waals surface area (Å²) in [7, 11) is 0. The Hall–Kier alpha value is -1.94. The summed E-state index contributed by atoms with van der Waals surface area (Å²) in [6.45, 7) is 4.53. The normalized spacial score (nSPS) is 14.2. The van der Waals surface area contributed by atoms with Crippen LogP contribution in [0, 0.1) is 19.7 Å². The maximum atomic E-state index is 13.2. The maximum Gasteiger partial charge on any atom is 0.222 e. The van der Waals surface area contributed by atoms with E-state index < -0.39 is 0 Å². The largest absolute Gasteiger partial charge is 0.439 e. The Kier molecular flexibility index (Phi) is 3.88. The van der Waals surface area contributed by atoms with Crippen molar-refractivity contribution in [3.63, 3.8) is 0 Å². The lowest BCUT2D eigenvalue weighted by atomic mass is 10.2. The quantitative estimate of drug-likeness (QED) is 0.905. The van der Waals surface area contributed by atoms with Gasteiger partial charge in [0.1, 0.15) is 11.6 Å². The summed E-state index contributed by atoms with van der Waals surface area (Å²) in [5.41, 5.74) is 2.70. The second-order valence-electron chi connectivity index (χ2n) is 5.63. The number of aromatic nitrogens is 1. The highest BCUT2D eigenvalue weighted by molar-refractivity contribution is 5.35. The first kappa shape index (κ1) is 14.0. The number of ether oxygens (including phenoxy) is 1. The van der Waals surface area contributed by atoms with Crippen LogP contribution in [0.1, 0.15) is 29.5 Å². The average Bonchev–Trinajstić information content (AvgIpc) is 3.27. The van der Waals surface area contributed by atoms with Crippen LogP contribution in [0.15, 0.2) is 30.5 Å². The molecule has 1 fully saturated rings. The molecule has 21 heavy (non-hydrogen) atoms. The first-order valence-electron chi connectivity index (χ1n) is 7.25. The molecule has 110 valence electrons. The molecule has 1 aliphatic carbocycles. The van der Waals surface area contributed by atoms with Crippen LogP contribution in [0.3, 0.4) is 0 Å². The van der Waals surface area contributed by atoms with Crippen molar-refractivity contribution in [2.24, 2.45) is 0 Å². The van der Waals surface area contributed by atoms with E-state index >= 15 is 0 Å². The summed E-state index contributed by atoms with van der Waals surface area (Å²) in [6, 6.07) is 7.47. The van der Waals surface area contributed by atoms with Crippen molar-refractivity contribution in [3.05, 3.63) is 53.0 Å². The molecule has 3 nitrogen and oxygen atoms in total. The van der Waals surface area contributed by atoms with Crippen LogP contribution in [0.5, 0.6) is 11.6 Å². The summed E-state index contributed by atoms with van der Waals surface area (Å²) < 4.78 is 19.0. The maximum absolute atomic E-state index is 13.2. The van der Waals surface area contributed by atoms with E-state index in [0.29, 0.717) is 23.2 Å². The van der Waals surface area contributed by atoms with Gasteiger partial charge in [0.05, 0.1) is 0 Å². The number of benzene rings is 1. The Bertz CT molecular complexity index is 653. The fraction of sp³-hybridized carbons (Fsp3) is 0.353. The van der Waals surface area contributed by atoms with Crippen LogP contribution in [0.25, 0.3) is 0 Å². The monoisotopic (exact) mass is 286 g/mol. The van der Waals surface area contributed by atoms with Gasteiger partial charge in [-0.15, -0.1) is 0 Å². The van der Waals surface area contributed by atoms with E-state index in [1.54, 1.807) is 19.1 Å². The highest BCUT2D eigenvalue weighted by Crippen LogP contribution is 2.25. The van der Waals surface area contributed by atoms with Crippen LogP contribution in [-0.4, -0.2) is 11.0 Å². The van der Waals surface area contributed by atoms with E-state index in [2.05, 4.69) is 16.4 Å². The molecule has 4 heteroatoms. The molecule has 0 unspecified atom stereocenters. The Balaban J connectivity index is 1.70. The van der Waals surface area contributed by atoms with Gasteiger partial charge in [-0.2, -0.15) is 0 Å². The molecule has 0 aliphatic heterocycles. The zero-order valence-corrected chi connectivity index (χ0v) is 12.3. The van der Waals surface area contributed by atoms with Gasteiger partial charge in [-0.3, -0.25) is 0 Å². The fourth-order valence-electron chi connectivity index (χ4n) is 2.17. The minimum atomic E-state index is -0.228. The molecule has 0 spiro atoms. The van der Waals surface area contributed by atoms with Gasteiger partial charge in [0, 0.05) is 24.3 Å². The van der Waals surface area contributed by atoms with Crippen molar-refractivity contribution in [2.75, 3.05) is 0 Å². The lowest BCUT2D eigenvalue weighted by Gasteiger charge is -2.10. The standard InChI is InChI=1S/C17H19FN2O/c1-11-8-15(5-6-16(11)18)21-17-12(2)7-13(10-20-17)9-19-14-3-4-14/h5-8,10,14,19H,3-4,9H2,1-2H3. The summed E-state index contributed by atoms with van der Waals surface area (Å²) in [5, 5.41) is 3.46. The molecular weight excluding hydrogens is 267 g/mol. The second-order valence-corrected chi connectivity index (χ2v) is 5.63. The molecule has 0 radical (unpaired) electrons. The lowest BCUT2D eigenvalue weighted by Crippen LogP contribution is -2.15. The van der Waals surface area contributed by atoms with E-state index in [1.165, 1.54) is 18.9 Å². The molecule has 0 saturated heterocycles. The molecule has 1 N–H and O–H groups in total. The summed E-state index contributed by atoms with van der Waals surface area (Å²) >= 11 is 0. The van der Waals surface area contributed by atoms with Gasteiger partial charge >= 0.3 is 0 Å². The predicted octanol–water partition coefficient (Wildman–Crippen LogP) is 3.88.